The van der Waals surface area contributed by atoms with Gasteiger partial charge in [0.05, 0.1) is 17.6 Å². The summed E-state index contributed by atoms with van der Waals surface area (Å²) in [7, 11) is 1.74. The molecule has 5 rings (SSSR count). The Bertz CT molecular complexity index is 1370. The van der Waals surface area contributed by atoms with Gasteiger partial charge in [0.15, 0.2) is 6.61 Å². The van der Waals surface area contributed by atoms with E-state index in [9.17, 15) is 9.59 Å². The number of carbonyl (C=O) groups is 2. The second-order valence-electron chi connectivity index (χ2n) is 8.39. The molecule has 0 unspecified atom stereocenters. The summed E-state index contributed by atoms with van der Waals surface area (Å²) in [6, 6.07) is 17.8. The molecule has 172 valence electrons. The van der Waals surface area contributed by atoms with Crippen LogP contribution in [0, 0.1) is 6.92 Å². The first-order valence-corrected chi connectivity index (χ1v) is 11.2. The quantitative estimate of drug-likeness (QED) is 0.446. The maximum atomic E-state index is 12.7. The number of fused-ring (bicyclic) bond motifs is 1. The van der Waals surface area contributed by atoms with Gasteiger partial charge >= 0.3 is 5.97 Å². The first-order valence-electron chi connectivity index (χ1n) is 11.2. The highest BCUT2D eigenvalue weighted by molar-refractivity contribution is 5.96. The number of benzene rings is 2. The lowest BCUT2D eigenvalue weighted by Crippen LogP contribution is -2.22. The van der Waals surface area contributed by atoms with Crippen molar-refractivity contribution in [2.75, 3.05) is 11.9 Å². The van der Waals surface area contributed by atoms with Gasteiger partial charge in [-0.25, -0.2) is 9.48 Å². The highest BCUT2D eigenvalue weighted by atomic mass is 16.5. The maximum absolute atomic E-state index is 12.7. The molecular formula is C26H25N5O3. The van der Waals surface area contributed by atoms with E-state index < -0.39 is 18.5 Å². The molecule has 34 heavy (non-hydrogen) atoms. The Morgan fingerprint density at radius 3 is 2.62 bits per heavy atom. The predicted octanol–water partition coefficient (Wildman–Crippen LogP) is 3.87. The topological polar surface area (TPSA) is 91.0 Å². The molecule has 0 bridgehead atoms. The number of nitrogens with zero attached hydrogens (tertiary/aromatic N) is 4. The number of hydrogen-bond donors (Lipinski definition) is 1. The highest BCUT2D eigenvalue weighted by Gasteiger charge is 2.19. The lowest BCUT2D eigenvalue weighted by molar-refractivity contribution is -0.119. The van der Waals surface area contributed by atoms with Crippen LogP contribution in [-0.2, 0) is 29.4 Å². The fourth-order valence-electron chi connectivity index (χ4n) is 4.20. The lowest BCUT2D eigenvalue weighted by Gasteiger charge is -2.09. The van der Waals surface area contributed by atoms with Crippen molar-refractivity contribution < 1.29 is 14.3 Å². The Morgan fingerprint density at radius 1 is 1.06 bits per heavy atom. The van der Waals surface area contributed by atoms with Gasteiger partial charge in [0, 0.05) is 24.4 Å². The third-order valence-electron chi connectivity index (χ3n) is 6.16. The van der Waals surface area contributed by atoms with Gasteiger partial charge in [-0.3, -0.25) is 9.48 Å². The predicted molar refractivity (Wildman–Crippen MR) is 128 cm³/mol. The molecule has 0 atom stereocenters. The molecule has 8 nitrogen and oxygen atoms in total. The average Bonchev–Trinajstić information content (AvgIpc) is 3.57. The molecule has 2 aromatic carbocycles. The molecule has 1 aliphatic carbocycles. The van der Waals surface area contributed by atoms with Crippen molar-refractivity contribution in [3.8, 4) is 16.9 Å². The standard InChI is InChI=1S/C26H25N5O3/c1-17-22(15-27-30(17)2)26(33)34-16-25(32)28-24-14-23(29-31(24)21-9-4-3-5-10-21)20-12-11-18-7-6-8-19(18)13-20/h3-5,9-15H,6-8,16H2,1-2H3,(H,28,32). The molecule has 0 saturated carbocycles. The fourth-order valence-corrected chi connectivity index (χ4v) is 4.20. The Hall–Kier alpha value is -4.20. The summed E-state index contributed by atoms with van der Waals surface area (Å²) in [4.78, 5) is 25.0. The van der Waals surface area contributed by atoms with Crippen molar-refractivity contribution in [1.82, 2.24) is 19.6 Å². The van der Waals surface area contributed by atoms with Crippen LogP contribution in [0.15, 0.2) is 60.8 Å². The summed E-state index contributed by atoms with van der Waals surface area (Å²) in [5, 5.41) is 11.6. The molecule has 0 aliphatic heterocycles. The number of aryl methyl sites for hydroxylation is 3. The van der Waals surface area contributed by atoms with E-state index in [4.69, 9.17) is 9.84 Å². The minimum atomic E-state index is -0.587. The second kappa shape index (κ2) is 8.97. The fraction of sp³-hybridized carbons (Fsp3) is 0.231. The van der Waals surface area contributed by atoms with Gasteiger partial charge in [-0.2, -0.15) is 10.2 Å². The van der Waals surface area contributed by atoms with Crippen LogP contribution in [0.5, 0.6) is 0 Å². The summed E-state index contributed by atoms with van der Waals surface area (Å²) in [6.45, 7) is 1.35. The minimum Gasteiger partial charge on any atom is -0.452 e. The van der Waals surface area contributed by atoms with Gasteiger partial charge in [0.25, 0.3) is 5.91 Å². The summed E-state index contributed by atoms with van der Waals surface area (Å²) < 4.78 is 8.48. The molecule has 0 saturated heterocycles. The van der Waals surface area contributed by atoms with Gasteiger partial charge in [-0.05, 0) is 55.5 Å². The normalized spacial score (nSPS) is 12.4. The highest BCUT2D eigenvalue weighted by Crippen LogP contribution is 2.30. The van der Waals surface area contributed by atoms with Crippen molar-refractivity contribution >= 4 is 17.7 Å². The number of ether oxygens (including phenoxy) is 1. The van der Waals surface area contributed by atoms with Crippen molar-refractivity contribution in [2.45, 2.75) is 26.2 Å². The molecule has 1 N–H and O–H groups in total. The van der Waals surface area contributed by atoms with Crippen LogP contribution in [-0.4, -0.2) is 38.0 Å². The second-order valence-corrected chi connectivity index (χ2v) is 8.39. The largest absolute Gasteiger partial charge is 0.452 e. The van der Waals surface area contributed by atoms with E-state index in [1.54, 1.807) is 23.3 Å². The number of para-hydroxylation sites is 1. The van der Waals surface area contributed by atoms with Crippen LogP contribution >= 0.6 is 0 Å². The number of aromatic nitrogens is 4. The van der Waals surface area contributed by atoms with E-state index in [1.807, 2.05) is 36.4 Å². The number of anilines is 1. The van der Waals surface area contributed by atoms with Crippen molar-refractivity contribution in [1.29, 1.82) is 0 Å². The summed E-state index contributed by atoms with van der Waals surface area (Å²) in [6.07, 6.45) is 4.80. The number of esters is 1. The molecule has 2 aromatic heterocycles. The van der Waals surface area contributed by atoms with Crippen molar-refractivity contribution in [3.63, 3.8) is 0 Å². The van der Waals surface area contributed by atoms with Crippen LogP contribution in [0.25, 0.3) is 16.9 Å². The number of carbonyl (C=O) groups excluding carboxylic acids is 2. The molecule has 1 aliphatic rings. The molecule has 0 spiro atoms. The molecule has 2 heterocycles. The maximum Gasteiger partial charge on any atom is 0.342 e. The summed E-state index contributed by atoms with van der Waals surface area (Å²) in [5.41, 5.74) is 6.34. The Labute approximate surface area is 197 Å². The zero-order valence-electron chi connectivity index (χ0n) is 19.1. The van der Waals surface area contributed by atoms with Crippen LogP contribution in [0.2, 0.25) is 0 Å². The Morgan fingerprint density at radius 2 is 1.85 bits per heavy atom. The van der Waals surface area contributed by atoms with Crippen molar-refractivity contribution in [3.05, 3.63) is 83.2 Å². The SMILES string of the molecule is Cc1c(C(=O)OCC(=O)Nc2cc(-c3ccc4c(c3)CCC4)nn2-c2ccccc2)cnn1C. The zero-order valence-corrected chi connectivity index (χ0v) is 19.1. The Kier molecular flexibility index (Phi) is 5.71. The number of hydrogen-bond acceptors (Lipinski definition) is 5. The molecule has 1 amide bonds. The molecule has 0 fully saturated rings. The van der Waals surface area contributed by atoms with Crippen molar-refractivity contribution in [2.24, 2.45) is 7.05 Å². The first kappa shape index (κ1) is 21.6. The van der Waals surface area contributed by atoms with Crippen LogP contribution in [0.3, 0.4) is 0 Å². The molecule has 8 heteroatoms. The van der Waals surface area contributed by atoms with E-state index >= 15 is 0 Å². The Balaban J connectivity index is 1.37. The molecular weight excluding hydrogens is 430 g/mol. The van der Waals surface area contributed by atoms with Gasteiger partial charge < -0.3 is 10.1 Å². The average molecular weight is 456 g/mol. The van der Waals surface area contributed by atoms with E-state index in [2.05, 4.69) is 28.6 Å². The summed E-state index contributed by atoms with van der Waals surface area (Å²) in [5.74, 6) is -0.538. The number of rotatable bonds is 6. The van der Waals surface area contributed by atoms with Gasteiger partial charge in [-0.1, -0.05) is 30.3 Å². The zero-order chi connectivity index (χ0) is 23.7. The minimum absolute atomic E-state index is 0.337. The van der Waals surface area contributed by atoms with Crippen LogP contribution < -0.4 is 5.32 Å². The van der Waals surface area contributed by atoms with E-state index in [0.29, 0.717) is 17.1 Å². The molecule has 4 aromatic rings. The van der Waals surface area contributed by atoms with Gasteiger partial charge in [0.1, 0.15) is 11.4 Å². The summed E-state index contributed by atoms with van der Waals surface area (Å²) >= 11 is 0. The van der Waals surface area contributed by atoms with E-state index in [1.165, 1.54) is 23.7 Å². The third-order valence-corrected chi connectivity index (χ3v) is 6.16. The van der Waals surface area contributed by atoms with E-state index in [-0.39, 0.29) is 0 Å². The third kappa shape index (κ3) is 4.22. The first-order chi connectivity index (χ1) is 16.5. The van der Waals surface area contributed by atoms with Gasteiger partial charge in [-0.15, -0.1) is 0 Å². The van der Waals surface area contributed by atoms with Crippen LogP contribution in [0.4, 0.5) is 5.82 Å². The van der Waals surface area contributed by atoms with Gasteiger partial charge in [0.2, 0.25) is 0 Å². The van der Waals surface area contributed by atoms with Crippen LogP contribution in [0.1, 0.15) is 33.6 Å². The monoisotopic (exact) mass is 455 g/mol. The lowest BCUT2D eigenvalue weighted by atomic mass is 10.0. The number of nitrogens with one attached hydrogen (secondary N) is 1. The molecule has 0 radical (unpaired) electrons. The van der Waals surface area contributed by atoms with E-state index in [0.717, 1.165) is 29.8 Å². The smallest absolute Gasteiger partial charge is 0.342 e. The number of amides is 1.